The van der Waals surface area contributed by atoms with Gasteiger partial charge in [0.25, 0.3) is 0 Å². The fourth-order valence-electron chi connectivity index (χ4n) is 2.77. The van der Waals surface area contributed by atoms with Gasteiger partial charge in [0.05, 0.1) is 6.04 Å². The Kier molecular flexibility index (Phi) is 5.55. The SMILES string of the molecule is NC(C(=O)Nc1ncc(Cc2cccc(F)c2)s1)C1CCOCC1. The monoisotopic (exact) mass is 349 g/mol. The van der Waals surface area contributed by atoms with Crippen LogP contribution < -0.4 is 11.1 Å². The first kappa shape index (κ1) is 17.0. The van der Waals surface area contributed by atoms with Crippen LogP contribution in [0.4, 0.5) is 9.52 Å². The molecular formula is C17H20FN3O2S. The molecule has 1 unspecified atom stereocenters. The van der Waals surface area contributed by atoms with E-state index in [-0.39, 0.29) is 17.6 Å². The van der Waals surface area contributed by atoms with Crippen LogP contribution in [0.2, 0.25) is 0 Å². The first-order valence-corrected chi connectivity index (χ1v) is 8.77. The van der Waals surface area contributed by atoms with Crippen LogP contribution in [-0.4, -0.2) is 30.1 Å². The number of amides is 1. The largest absolute Gasteiger partial charge is 0.381 e. The number of aromatic nitrogens is 1. The van der Waals surface area contributed by atoms with Crippen molar-refractivity contribution in [3.8, 4) is 0 Å². The zero-order chi connectivity index (χ0) is 16.9. The number of nitrogens with one attached hydrogen (secondary N) is 1. The van der Waals surface area contributed by atoms with Gasteiger partial charge in [-0.25, -0.2) is 9.37 Å². The van der Waals surface area contributed by atoms with Gasteiger partial charge in [-0.05, 0) is 36.5 Å². The number of carbonyl (C=O) groups is 1. The smallest absolute Gasteiger partial charge is 0.243 e. The van der Waals surface area contributed by atoms with Crippen LogP contribution in [0, 0.1) is 11.7 Å². The van der Waals surface area contributed by atoms with Crippen molar-refractivity contribution in [2.45, 2.75) is 25.3 Å². The van der Waals surface area contributed by atoms with Gasteiger partial charge in [0.2, 0.25) is 5.91 Å². The van der Waals surface area contributed by atoms with Crippen molar-refractivity contribution in [3.63, 3.8) is 0 Å². The number of hydrogen-bond acceptors (Lipinski definition) is 5. The van der Waals surface area contributed by atoms with E-state index in [0.29, 0.717) is 24.8 Å². The molecule has 2 aromatic rings. The second-order valence-electron chi connectivity index (χ2n) is 5.90. The predicted molar refractivity (Wildman–Crippen MR) is 91.5 cm³/mol. The molecule has 1 aliphatic rings. The fourth-order valence-corrected chi connectivity index (χ4v) is 3.62. The molecule has 0 radical (unpaired) electrons. The summed E-state index contributed by atoms with van der Waals surface area (Å²) in [5.41, 5.74) is 6.93. The Bertz CT molecular complexity index is 701. The van der Waals surface area contributed by atoms with Crippen molar-refractivity contribution < 1.29 is 13.9 Å². The van der Waals surface area contributed by atoms with Gasteiger partial charge in [0.1, 0.15) is 5.82 Å². The molecule has 3 N–H and O–H groups in total. The average molecular weight is 349 g/mol. The van der Waals surface area contributed by atoms with Crippen LogP contribution >= 0.6 is 11.3 Å². The molecule has 2 heterocycles. The number of rotatable bonds is 5. The Morgan fingerprint density at radius 2 is 2.25 bits per heavy atom. The summed E-state index contributed by atoms with van der Waals surface area (Å²) < 4.78 is 18.5. The molecule has 7 heteroatoms. The second kappa shape index (κ2) is 7.83. The van der Waals surface area contributed by atoms with Crippen molar-refractivity contribution in [3.05, 3.63) is 46.7 Å². The lowest BCUT2D eigenvalue weighted by Crippen LogP contribution is -2.43. The van der Waals surface area contributed by atoms with E-state index in [1.54, 1.807) is 12.3 Å². The van der Waals surface area contributed by atoms with Gasteiger partial charge in [0.15, 0.2) is 5.13 Å². The van der Waals surface area contributed by atoms with E-state index < -0.39 is 6.04 Å². The summed E-state index contributed by atoms with van der Waals surface area (Å²) in [5.74, 6) is -0.327. The van der Waals surface area contributed by atoms with E-state index in [2.05, 4.69) is 10.3 Å². The highest BCUT2D eigenvalue weighted by molar-refractivity contribution is 7.15. The molecule has 0 aliphatic carbocycles. The minimum absolute atomic E-state index is 0.144. The van der Waals surface area contributed by atoms with Crippen molar-refractivity contribution in [2.24, 2.45) is 11.7 Å². The molecular weight excluding hydrogens is 329 g/mol. The summed E-state index contributed by atoms with van der Waals surface area (Å²) in [4.78, 5) is 17.4. The molecule has 1 saturated heterocycles. The molecule has 3 rings (SSSR count). The minimum Gasteiger partial charge on any atom is -0.381 e. The van der Waals surface area contributed by atoms with Crippen molar-refractivity contribution in [1.82, 2.24) is 4.98 Å². The summed E-state index contributed by atoms with van der Waals surface area (Å²) in [6.45, 7) is 1.31. The maximum Gasteiger partial charge on any atom is 0.243 e. The molecule has 0 saturated carbocycles. The minimum atomic E-state index is -0.551. The Morgan fingerprint density at radius 3 is 3.00 bits per heavy atom. The van der Waals surface area contributed by atoms with Crippen LogP contribution in [0.5, 0.6) is 0 Å². The van der Waals surface area contributed by atoms with Gasteiger partial charge >= 0.3 is 0 Å². The van der Waals surface area contributed by atoms with E-state index >= 15 is 0 Å². The number of carbonyl (C=O) groups excluding carboxylic acids is 1. The molecule has 0 spiro atoms. The molecule has 1 aromatic heterocycles. The third-order valence-electron chi connectivity index (χ3n) is 4.13. The summed E-state index contributed by atoms with van der Waals surface area (Å²) >= 11 is 1.38. The average Bonchev–Trinajstić information content (AvgIpc) is 3.02. The van der Waals surface area contributed by atoms with Gasteiger partial charge in [-0.15, -0.1) is 11.3 Å². The van der Waals surface area contributed by atoms with Gasteiger partial charge in [-0.3, -0.25) is 4.79 Å². The quantitative estimate of drug-likeness (QED) is 0.870. The number of ether oxygens (including phenoxy) is 1. The van der Waals surface area contributed by atoms with Crippen LogP contribution in [0.3, 0.4) is 0 Å². The van der Waals surface area contributed by atoms with Crippen LogP contribution in [-0.2, 0) is 16.0 Å². The summed E-state index contributed by atoms with van der Waals surface area (Å²) in [6.07, 6.45) is 3.89. The Labute approximate surface area is 144 Å². The molecule has 128 valence electrons. The Morgan fingerprint density at radius 1 is 1.46 bits per heavy atom. The third kappa shape index (κ3) is 4.37. The van der Waals surface area contributed by atoms with E-state index in [4.69, 9.17) is 10.5 Å². The lowest BCUT2D eigenvalue weighted by Gasteiger charge is -2.26. The summed E-state index contributed by atoms with van der Waals surface area (Å²) in [6, 6.07) is 5.91. The zero-order valence-corrected chi connectivity index (χ0v) is 14.0. The maximum absolute atomic E-state index is 13.2. The molecule has 0 bridgehead atoms. The van der Waals surface area contributed by atoms with Crippen LogP contribution in [0.1, 0.15) is 23.3 Å². The number of halogens is 1. The fraction of sp³-hybridized carbons (Fsp3) is 0.412. The number of thiazole rings is 1. The summed E-state index contributed by atoms with van der Waals surface area (Å²) in [7, 11) is 0. The normalized spacial score (nSPS) is 16.8. The summed E-state index contributed by atoms with van der Waals surface area (Å²) in [5, 5.41) is 3.31. The first-order chi connectivity index (χ1) is 11.6. The number of benzene rings is 1. The second-order valence-corrected chi connectivity index (χ2v) is 7.02. The first-order valence-electron chi connectivity index (χ1n) is 7.95. The van der Waals surface area contributed by atoms with E-state index in [9.17, 15) is 9.18 Å². The van der Waals surface area contributed by atoms with E-state index in [1.165, 1.54) is 23.5 Å². The van der Waals surface area contributed by atoms with Gasteiger partial charge < -0.3 is 15.8 Å². The lowest BCUT2D eigenvalue weighted by molar-refractivity contribution is -0.119. The highest BCUT2D eigenvalue weighted by Crippen LogP contribution is 2.23. The van der Waals surface area contributed by atoms with Crippen molar-refractivity contribution >= 4 is 22.4 Å². The van der Waals surface area contributed by atoms with Crippen molar-refractivity contribution in [2.75, 3.05) is 18.5 Å². The Balaban J connectivity index is 1.58. The van der Waals surface area contributed by atoms with E-state index in [1.807, 2.05) is 6.07 Å². The molecule has 5 nitrogen and oxygen atoms in total. The number of nitrogens with two attached hydrogens (primary N) is 1. The van der Waals surface area contributed by atoms with Crippen molar-refractivity contribution in [1.29, 1.82) is 0 Å². The third-order valence-corrected chi connectivity index (χ3v) is 5.04. The number of hydrogen-bond donors (Lipinski definition) is 2. The molecule has 1 aromatic carbocycles. The lowest BCUT2D eigenvalue weighted by atomic mass is 9.92. The van der Waals surface area contributed by atoms with Gasteiger partial charge in [0, 0.05) is 30.7 Å². The van der Waals surface area contributed by atoms with Crippen LogP contribution in [0.25, 0.3) is 0 Å². The van der Waals surface area contributed by atoms with Gasteiger partial charge in [-0.1, -0.05) is 12.1 Å². The molecule has 1 amide bonds. The van der Waals surface area contributed by atoms with Crippen LogP contribution in [0.15, 0.2) is 30.5 Å². The Hall–Kier alpha value is -1.83. The van der Waals surface area contributed by atoms with Gasteiger partial charge in [-0.2, -0.15) is 0 Å². The standard InChI is InChI=1S/C17H20FN3O2S/c18-13-3-1-2-11(8-13)9-14-10-20-17(24-14)21-16(22)15(19)12-4-6-23-7-5-12/h1-3,8,10,12,15H,4-7,9,19H2,(H,20,21,22). The zero-order valence-electron chi connectivity index (χ0n) is 13.2. The molecule has 1 atom stereocenters. The molecule has 1 fully saturated rings. The predicted octanol–water partition coefficient (Wildman–Crippen LogP) is 2.57. The topological polar surface area (TPSA) is 77.2 Å². The van der Waals surface area contributed by atoms with E-state index in [0.717, 1.165) is 23.3 Å². The number of nitrogens with zero attached hydrogens (tertiary/aromatic N) is 1. The molecule has 1 aliphatic heterocycles. The number of anilines is 1. The maximum atomic E-state index is 13.2. The highest BCUT2D eigenvalue weighted by Gasteiger charge is 2.27. The molecule has 24 heavy (non-hydrogen) atoms. The highest BCUT2D eigenvalue weighted by atomic mass is 32.1.